The molecular weight excluding hydrogens is 358 g/mol. The maximum absolute atomic E-state index is 10.6. The number of likely N-dealkylation sites (tertiary alicyclic amines) is 1. The third-order valence-electron chi connectivity index (χ3n) is 5.11. The highest BCUT2D eigenvalue weighted by Crippen LogP contribution is 2.32. The zero-order valence-electron chi connectivity index (χ0n) is 17.0. The van der Waals surface area contributed by atoms with Crippen molar-refractivity contribution >= 4 is 0 Å². The lowest BCUT2D eigenvalue weighted by Gasteiger charge is -2.36. The molecular formula is C22H29NO5. The number of hydrogen-bond acceptors (Lipinski definition) is 6. The van der Waals surface area contributed by atoms with Crippen LogP contribution in [-0.4, -0.2) is 56.6 Å². The van der Waals surface area contributed by atoms with Crippen molar-refractivity contribution in [3.05, 3.63) is 47.5 Å². The third-order valence-corrected chi connectivity index (χ3v) is 5.11. The van der Waals surface area contributed by atoms with E-state index in [1.54, 1.807) is 27.4 Å². The normalized spacial score (nSPS) is 19.9. The summed E-state index contributed by atoms with van der Waals surface area (Å²) in [5.74, 6) is 2.83. The van der Waals surface area contributed by atoms with Crippen LogP contribution >= 0.6 is 0 Å². The van der Waals surface area contributed by atoms with Crippen molar-refractivity contribution in [1.82, 2.24) is 4.90 Å². The summed E-state index contributed by atoms with van der Waals surface area (Å²) in [6.07, 6.45) is -0.0434. The maximum Gasteiger partial charge on any atom is 0.164 e. The third kappa shape index (κ3) is 4.69. The first-order valence-corrected chi connectivity index (χ1v) is 9.46. The highest BCUT2D eigenvalue weighted by atomic mass is 16.5. The maximum atomic E-state index is 10.6. The van der Waals surface area contributed by atoms with Gasteiger partial charge >= 0.3 is 0 Å². The average Bonchev–Trinajstić information content (AvgIpc) is 2.70. The molecule has 1 saturated heterocycles. The van der Waals surface area contributed by atoms with Gasteiger partial charge in [-0.3, -0.25) is 4.90 Å². The highest BCUT2D eigenvalue weighted by molar-refractivity contribution is 5.45. The predicted molar refractivity (Wildman–Crippen MR) is 108 cm³/mol. The fourth-order valence-corrected chi connectivity index (χ4v) is 3.62. The van der Waals surface area contributed by atoms with E-state index in [9.17, 15) is 5.11 Å². The van der Waals surface area contributed by atoms with E-state index in [-0.39, 0.29) is 6.10 Å². The van der Waals surface area contributed by atoms with Crippen molar-refractivity contribution in [2.24, 2.45) is 0 Å². The molecule has 0 aliphatic carbocycles. The monoisotopic (exact) mass is 387 g/mol. The van der Waals surface area contributed by atoms with Crippen LogP contribution in [0, 0.1) is 6.92 Å². The van der Waals surface area contributed by atoms with Gasteiger partial charge in [0.2, 0.25) is 0 Å². The van der Waals surface area contributed by atoms with E-state index in [0.29, 0.717) is 23.8 Å². The number of aryl methyl sites for hydroxylation is 1. The Morgan fingerprint density at radius 2 is 1.68 bits per heavy atom. The van der Waals surface area contributed by atoms with E-state index in [0.717, 1.165) is 30.8 Å². The first kappa shape index (κ1) is 20.3. The molecule has 0 radical (unpaired) electrons. The molecule has 0 bridgehead atoms. The summed E-state index contributed by atoms with van der Waals surface area (Å²) in [5.41, 5.74) is 2.33. The highest BCUT2D eigenvalue weighted by Gasteiger charge is 2.29. The van der Waals surface area contributed by atoms with E-state index in [1.807, 2.05) is 25.1 Å². The van der Waals surface area contributed by atoms with E-state index in [2.05, 4.69) is 17.0 Å². The van der Waals surface area contributed by atoms with Crippen molar-refractivity contribution in [2.75, 3.05) is 34.4 Å². The van der Waals surface area contributed by atoms with E-state index in [4.69, 9.17) is 18.9 Å². The molecule has 152 valence electrons. The summed E-state index contributed by atoms with van der Waals surface area (Å²) in [5, 5.41) is 10.6. The number of benzene rings is 2. The molecule has 2 atom stereocenters. The minimum absolute atomic E-state index is 0.244. The van der Waals surface area contributed by atoms with Crippen molar-refractivity contribution in [3.8, 4) is 23.0 Å². The Kier molecular flexibility index (Phi) is 6.65. The van der Waals surface area contributed by atoms with Crippen LogP contribution in [0.1, 0.15) is 17.5 Å². The Hall–Kier alpha value is -2.44. The van der Waals surface area contributed by atoms with E-state index in [1.165, 1.54) is 5.56 Å². The second kappa shape index (κ2) is 9.17. The van der Waals surface area contributed by atoms with Gasteiger partial charge in [-0.2, -0.15) is 0 Å². The van der Waals surface area contributed by atoms with Crippen LogP contribution in [0.25, 0.3) is 0 Å². The molecule has 2 aromatic rings. The number of ether oxygens (including phenoxy) is 4. The van der Waals surface area contributed by atoms with Gasteiger partial charge in [0.05, 0.1) is 21.3 Å². The molecule has 0 aromatic heterocycles. The number of methoxy groups -OCH3 is 3. The SMILES string of the molecule is COc1ccc(CN2CC[C@@H](Oc3ccc(OC)c(OC)c3)[C@H](O)C2)cc1C. The summed E-state index contributed by atoms with van der Waals surface area (Å²) < 4.78 is 21.9. The number of β-amino-alcohol motifs (C(OH)–C–C–N with tert-alkyl or cyclic N) is 1. The van der Waals surface area contributed by atoms with Crippen LogP contribution in [0.5, 0.6) is 23.0 Å². The van der Waals surface area contributed by atoms with Crippen molar-refractivity contribution in [3.63, 3.8) is 0 Å². The van der Waals surface area contributed by atoms with Crippen molar-refractivity contribution < 1.29 is 24.1 Å². The first-order valence-electron chi connectivity index (χ1n) is 9.46. The number of hydrogen-bond donors (Lipinski definition) is 1. The molecule has 0 saturated carbocycles. The zero-order valence-corrected chi connectivity index (χ0v) is 17.0. The lowest BCUT2D eigenvalue weighted by molar-refractivity contribution is -0.0275. The molecule has 3 rings (SSSR count). The molecule has 1 heterocycles. The summed E-state index contributed by atoms with van der Waals surface area (Å²) >= 11 is 0. The molecule has 1 aliphatic rings. The Balaban J connectivity index is 1.58. The average molecular weight is 387 g/mol. The van der Waals surface area contributed by atoms with Gasteiger partial charge in [0.15, 0.2) is 11.5 Å². The van der Waals surface area contributed by atoms with Crippen molar-refractivity contribution in [2.45, 2.75) is 32.1 Å². The van der Waals surface area contributed by atoms with Gasteiger partial charge in [-0.15, -0.1) is 0 Å². The second-order valence-electron chi connectivity index (χ2n) is 7.07. The summed E-state index contributed by atoms with van der Waals surface area (Å²) in [6.45, 7) is 4.27. The van der Waals surface area contributed by atoms with Crippen molar-refractivity contribution in [1.29, 1.82) is 0 Å². The second-order valence-corrected chi connectivity index (χ2v) is 7.07. The van der Waals surface area contributed by atoms with E-state index < -0.39 is 6.10 Å². The number of nitrogens with zero attached hydrogens (tertiary/aromatic N) is 1. The molecule has 1 fully saturated rings. The first-order chi connectivity index (χ1) is 13.5. The Morgan fingerprint density at radius 3 is 2.32 bits per heavy atom. The molecule has 6 nitrogen and oxygen atoms in total. The Bertz CT molecular complexity index is 794. The largest absolute Gasteiger partial charge is 0.496 e. The van der Waals surface area contributed by atoms with Gasteiger partial charge in [0.25, 0.3) is 0 Å². The molecule has 1 N–H and O–H groups in total. The van der Waals surface area contributed by atoms with Crippen LogP contribution < -0.4 is 18.9 Å². The van der Waals surface area contributed by atoms with Gasteiger partial charge in [-0.1, -0.05) is 12.1 Å². The van der Waals surface area contributed by atoms with Crippen LogP contribution in [0.4, 0.5) is 0 Å². The standard InChI is InChI=1S/C22H29NO5/c1-15-11-16(5-7-19(15)25-2)13-23-10-9-20(18(24)14-23)28-17-6-8-21(26-3)22(12-17)27-4/h5-8,11-12,18,20,24H,9-10,13-14H2,1-4H3/t18-,20-/m1/s1. The fraction of sp³-hybridized carbons (Fsp3) is 0.455. The van der Waals surface area contributed by atoms with Crippen LogP contribution in [0.3, 0.4) is 0 Å². The fourth-order valence-electron chi connectivity index (χ4n) is 3.62. The molecule has 1 aliphatic heterocycles. The smallest absolute Gasteiger partial charge is 0.164 e. The lowest BCUT2D eigenvalue weighted by atomic mass is 10.0. The summed E-state index contributed by atoms with van der Waals surface area (Å²) in [6, 6.07) is 11.6. The van der Waals surface area contributed by atoms with Crippen LogP contribution in [0.15, 0.2) is 36.4 Å². The molecule has 6 heteroatoms. The van der Waals surface area contributed by atoms with Crippen LogP contribution in [0.2, 0.25) is 0 Å². The molecule has 2 aromatic carbocycles. The van der Waals surface area contributed by atoms with Crippen LogP contribution in [-0.2, 0) is 6.54 Å². The number of aliphatic hydroxyl groups excluding tert-OH is 1. The molecule has 0 unspecified atom stereocenters. The number of rotatable bonds is 7. The lowest BCUT2D eigenvalue weighted by Crippen LogP contribution is -2.48. The Labute approximate surface area is 166 Å². The zero-order chi connectivity index (χ0) is 20.1. The minimum atomic E-state index is -0.554. The topological polar surface area (TPSA) is 60.4 Å². The quantitative estimate of drug-likeness (QED) is 0.788. The van der Waals surface area contributed by atoms with Gasteiger partial charge in [-0.05, 0) is 42.7 Å². The molecule has 0 spiro atoms. The predicted octanol–water partition coefficient (Wildman–Crippen LogP) is 3.04. The van der Waals surface area contributed by atoms with Gasteiger partial charge in [-0.25, -0.2) is 0 Å². The summed E-state index contributed by atoms with van der Waals surface area (Å²) in [4.78, 5) is 2.25. The summed E-state index contributed by atoms with van der Waals surface area (Å²) in [7, 11) is 4.87. The Morgan fingerprint density at radius 1 is 0.964 bits per heavy atom. The van der Waals surface area contributed by atoms with Gasteiger partial charge in [0.1, 0.15) is 23.7 Å². The molecule has 28 heavy (non-hydrogen) atoms. The molecule has 0 amide bonds. The van der Waals surface area contributed by atoms with E-state index >= 15 is 0 Å². The van der Waals surface area contributed by atoms with Gasteiger partial charge in [0, 0.05) is 25.7 Å². The number of aliphatic hydroxyl groups is 1. The minimum Gasteiger partial charge on any atom is -0.496 e. The van der Waals surface area contributed by atoms with Gasteiger partial charge < -0.3 is 24.1 Å². The number of piperidine rings is 1.